The molecule has 0 saturated carbocycles. The molecule has 474 valence electrons. The van der Waals surface area contributed by atoms with Gasteiger partial charge < -0.3 is 14.2 Å². The van der Waals surface area contributed by atoms with E-state index in [9.17, 15) is 14.4 Å². The molecule has 0 heterocycles. The van der Waals surface area contributed by atoms with Crippen molar-refractivity contribution in [3.05, 3.63) is 85.1 Å². The minimum absolute atomic E-state index is 0.0718. The largest absolute Gasteiger partial charge is 0.462 e. The van der Waals surface area contributed by atoms with Crippen LogP contribution in [0.1, 0.15) is 361 Å². The standard InChI is InChI=1S/C76H134O6/c1-4-7-10-13-16-19-22-25-27-29-30-31-32-33-34-35-36-37-38-39-40-41-42-43-44-45-46-48-49-51-54-57-60-63-66-69-75(78)81-72-73(71-80-74(77)68-65-62-59-56-53-24-21-18-15-12-9-6-3)82-76(79)70-67-64-61-58-55-52-50-47-28-26-23-20-17-14-11-8-5-2/h7,10,16,19,25-28,30-31,33-34,36-37,73H,4-6,8-9,11-15,17-18,20-24,29,32,35,38-72H2,1-3H3/b10-7-,19-16-,27-25-,28-26-,31-30-,34-33-,37-36-. The van der Waals surface area contributed by atoms with Gasteiger partial charge in [-0.2, -0.15) is 0 Å². The van der Waals surface area contributed by atoms with E-state index in [0.717, 1.165) is 96.3 Å². The molecule has 6 nitrogen and oxygen atoms in total. The van der Waals surface area contributed by atoms with Crippen molar-refractivity contribution in [1.29, 1.82) is 0 Å². The first-order chi connectivity index (χ1) is 40.5. The van der Waals surface area contributed by atoms with Crippen LogP contribution in [0.15, 0.2) is 85.1 Å². The van der Waals surface area contributed by atoms with Gasteiger partial charge in [0.05, 0.1) is 0 Å². The first-order valence-electron chi connectivity index (χ1n) is 35.6. The highest BCUT2D eigenvalue weighted by Crippen LogP contribution is 2.18. The molecule has 0 N–H and O–H groups in total. The highest BCUT2D eigenvalue weighted by molar-refractivity contribution is 5.71. The molecule has 0 aliphatic carbocycles. The van der Waals surface area contributed by atoms with Crippen molar-refractivity contribution >= 4 is 17.9 Å². The molecule has 6 heteroatoms. The quantitative estimate of drug-likeness (QED) is 0.0261. The minimum Gasteiger partial charge on any atom is -0.462 e. The van der Waals surface area contributed by atoms with Crippen LogP contribution in [0.5, 0.6) is 0 Å². The second-order valence-electron chi connectivity index (χ2n) is 23.8. The van der Waals surface area contributed by atoms with Crippen molar-refractivity contribution in [2.75, 3.05) is 13.2 Å². The molecule has 0 rings (SSSR count). The lowest BCUT2D eigenvalue weighted by Crippen LogP contribution is -2.30. The maximum Gasteiger partial charge on any atom is 0.306 e. The summed E-state index contributed by atoms with van der Waals surface area (Å²) in [6, 6.07) is 0. The summed E-state index contributed by atoms with van der Waals surface area (Å²) in [6.45, 7) is 6.56. The maximum absolute atomic E-state index is 12.9. The lowest BCUT2D eigenvalue weighted by atomic mass is 10.0. The van der Waals surface area contributed by atoms with E-state index in [4.69, 9.17) is 14.2 Å². The SMILES string of the molecule is CC/C=C\C/C=C\C/C=C\C/C=C\C/C=C\C/C=C\CCCCCCCCCCCCCCCCCCC(=O)OCC(COC(=O)CCCCCCCCCCCCCC)OC(=O)CCCCCCCCC/C=C\CCCCCCCC. The Labute approximate surface area is 509 Å². The number of hydrogen-bond donors (Lipinski definition) is 0. The summed E-state index contributed by atoms with van der Waals surface area (Å²) in [5, 5.41) is 0. The summed E-state index contributed by atoms with van der Waals surface area (Å²) < 4.78 is 17.0. The van der Waals surface area contributed by atoms with Gasteiger partial charge in [0.25, 0.3) is 0 Å². The second kappa shape index (κ2) is 70.1. The molecule has 0 aliphatic heterocycles. The van der Waals surface area contributed by atoms with Crippen LogP contribution in [0.25, 0.3) is 0 Å². The van der Waals surface area contributed by atoms with Gasteiger partial charge in [0.1, 0.15) is 13.2 Å². The molecule has 0 saturated heterocycles. The average molecular weight is 1140 g/mol. The summed E-state index contributed by atoms with van der Waals surface area (Å²) in [5.74, 6) is -0.856. The lowest BCUT2D eigenvalue weighted by Gasteiger charge is -2.18. The van der Waals surface area contributed by atoms with Crippen LogP contribution in [0.3, 0.4) is 0 Å². The number of allylic oxidation sites excluding steroid dienone is 14. The van der Waals surface area contributed by atoms with E-state index in [1.54, 1.807) is 0 Å². The molecule has 0 aromatic carbocycles. The number of carbonyl (C=O) groups excluding carboxylic acids is 3. The third kappa shape index (κ3) is 67.4. The zero-order valence-electron chi connectivity index (χ0n) is 54.5. The van der Waals surface area contributed by atoms with Crippen LogP contribution in [0.2, 0.25) is 0 Å². The first kappa shape index (κ1) is 78.6. The predicted octanol–water partition coefficient (Wildman–Crippen LogP) is 24.6. The molecule has 0 spiro atoms. The summed E-state index contributed by atoms with van der Waals surface area (Å²) in [7, 11) is 0. The Morgan fingerprint density at radius 1 is 0.256 bits per heavy atom. The van der Waals surface area contributed by atoms with Crippen LogP contribution in [0.4, 0.5) is 0 Å². The summed E-state index contributed by atoms with van der Waals surface area (Å²) >= 11 is 0. The van der Waals surface area contributed by atoms with E-state index >= 15 is 0 Å². The molecular weight excluding hydrogens is 1010 g/mol. The molecular formula is C76H134O6. The molecule has 0 bridgehead atoms. The van der Waals surface area contributed by atoms with Crippen molar-refractivity contribution in [1.82, 2.24) is 0 Å². The molecule has 0 radical (unpaired) electrons. The monoisotopic (exact) mass is 1140 g/mol. The maximum atomic E-state index is 12.9. The molecule has 0 amide bonds. The summed E-state index contributed by atoms with van der Waals surface area (Å²) in [5.41, 5.74) is 0. The molecule has 82 heavy (non-hydrogen) atoms. The van der Waals surface area contributed by atoms with Gasteiger partial charge in [-0.05, 0) is 96.3 Å². The zero-order valence-corrected chi connectivity index (χ0v) is 54.5. The molecule has 0 aromatic rings. The van der Waals surface area contributed by atoms with E-state index in [1.165, 1.54) is 225 Å². The Morgan fingerprint density at radius 3 is 0.756 bits per heavy atom. The van der Waals surface area contributed by atoms with Crippen LogP contribution >= 0.6 is 0 Å². The van der Waals surface area contributed by atoms with Gasteiger partial charge in [-0.15, -0.1) is 0 Å². The van der Waals surface area contributed by atoms with Gasteiger partial charge in [-0.25, -0.2) is 0 Å². The Bertz CT molecular complexity index is 1550. The topological polar surface area (TPSA) is 78.9 Å². The fourth-order valence-electron chi connectivity index (χ4n) is 10.3. The summed E-state index contributed by atoms with van der Waals surface area (Å²) in [6.07, 6.45) is 93.3. The minimum atomic E-state index is -0.775. The number of ether oxygens (including phenoxy) is 3. The Morgan fingerprint density at radius 2 is 0.476 bits per heavy atom. The van der Waals surface area contributed by atoms with E-state index in [1.807, 2.05) is 0 Å². The normalized spacial score (nSPS) is 12.6. The Hall–Kier alpha value is -3.41. The number of hydrogen-bond acceptors (Lipinski definition) is 6. The number of unbranched alkanes of at least 4 members (excludes halogenated alkanes) is 40. The van der Waals surface area contributed by atoms with E-state index < -0.39 is 6.10 Å². The molecule has 1 atom stereocenters. The van der Waals surface area contributed by atoms with Gasteiger partial charge in [-0.3, -0.25) is 14.4 Å². The second-order valence-corrected chi connectivity index (χ2v) is 23.8. The highest BCUT2D eigenvalue weighted by atomic mass is 16.6. The van der Waals surface area contributed by atoms with Gasteiger partial charge in [-0.1, -0.05) is 331 Å². The smallest absolute Gasteiger partial charge is 0.306 e. The van der Waals surface area contributed by atoms with Gasteiger partial charge >= 0.3 is 17.9 Å². The fraction of sp³-hybridized carbons (Fsp3) is 0.776. The zero-order chi connectivity index (χ0) is 59.2. The molecule has 0 fully saturated rings. The predicted molar refractivity (Wildman–Crippen MR) is 358 cm³/mol. The molecule has 1 unspecified atom stereocenters. The van der Waals surface area contributed by atoms with Gasteiger partial charge in [0.15, 0.2) is 6.10 Å². The van der Waals surface area contributed by atoms with Crippen LogP contribution in [-0.2, 0) is 28.6 Å². The van der Waals surface area contributed by atoms with Crippen molar-refractivity contribution in [2.45, 2.75) is 367 Å². The van der Waals surface area contributed by atoms with E-state index in [0.29, 0.717) is 19.3 Å². The molecule has 0 aliphatic rings. The van der Waals surface area contributed by atoms with Crippen molar-refractivity contribution < 1.29 is 28.6 Å². The van der Waals surface area contributed by atoms with Crippen molar-refractivity contribution in [2.24, 2.45) is 0 Å². The van der Waals surface area contributed by atoms with Gasteiger partial charge in [0, 0.05) is 19.3 Å². The third-order valence-corrected chi connectivity index (χ3v) is 15.6. The molecule has 0 aromatic heterocycles. The Balaban J connectivity index is 4.13. The van der Waals surface area contributed by atoms with E-state index in [-0.39, 0.29) is 31.1 Å². The van der Waals surface area contributed by atoms with Crippen LogP contribution in [0, 0.1) is 0 Å². The van der Waals surface area contributed by atoms with E-state index in [2.05, 4.69) is 106 Å². The van der Waals surface area contributed by atoms with Crippen LogP contribution < -0.4 is 0 Å². The summed E-state index contributed by atoms with van der Waals surface area (Å²) in [4.78, 5) is 38.4. The average Bonchev–Trinajstić information content (AvgIpc) is 3.47. The fourth-order valence-corrected chi connectivity index (χ4v) is 10.3. The number of carbonyl (C=O) groups is 3. The number of esters is 3. The van der Waals surface area contributed by atoms with Crippen molar-refractivity contribution in [3.63, 3.8) is 0 Å². The van der Waals surface area contributed by atoms with Gasteiger partial charge in [0.2, 0.25) is 0 Å². The third-order valence-electron chi connectivity index (χ3n) is 15.6. The van der Waals surface area contributed by atoms with Crippen LogP contribution in [-0.4, -0.2) is 37.2 Å². The van der Waals surface area contributed by atoms with Crippen molar-refractivity contribution in [3.8, 4) is 0 Å². The number of rotatable bonds is 65. The first-order valence-corrected chi connectivity index (χ1v) is 35.6. The highest BCUT2D eigenvalue weighted by Gasteiger charge is 2.19. The lowest BCUT2D eigenvalue weighted by molar-refractivity contribution is -0.167. The Kier molecular flexibility index (Phi) is 67.2.